The highest BCUT2D eigenvalue weighted by Gasteiger charge is 2.33. The number of hydrogen-bond donors (Lipinski definition) is 2. The Bertz CT molecular complexity index is 578. The van der Waals surface area contributed by atoms with E-state index >= 15 is 0 Å². The molecule has 1 fully saturated rings. The molecule has 112 valence electrons. The molecule has 1 aromatic carbocycles. The molecule has 4 nitrogen and oxygen atoms in total. The molecule has 3 N–H and O–H groups in total. The maximum Gasteiger partial charge on any atom is 0.251 e. The SMILES string of the molecule is NC1=N[C@@H]2CC[C@H](NC(=O)c3cccc(Cl)c3)C[C@@H]2CS1. The molecule has 1 heterocycles. The molecular formula is C15H18ClN3OS. The molecule has 0 bridgehead atoms. The maximum atomic E-state index is 12.3. The van der Waals surface area contributed by atoms with E-state index in [2.05, 4.69) is 10.3 Å². The zero-order chi connectivity index (χ0) is 14.8. The van der Waals surface area contributed by atoms with Gasteiger partial charge < -0.3 is 11.1 Å². The van der Waals surface area contributed by atoms with Crippen LogP contribution in [0, 0.1) is 5.92 Å². The largest absolute Gasteiger partial charge is 0.379 e. The number of nitrogens with zero attached hydrogens (tertiary/aromatic N) is 1. The van der Waals surface area contributed by atoms with Gasteiger partial charge in [0.15, 0.2) is 5.17 Å². The number of carbonyl (C=O) groups is 1. The fraction of sp³-hybridized carbons (Fsp3) is 0.467. The molecule has 0 unspecified atom stereocenters. The minimum atomic E-state index is -0.0487. The smallest absolute Gasteiger partial charge is 0.251 e. The van der Waals surface area contributed by atoms with Crippen LogP contribution >= 0.6 is 23.4 Å². The molecule has 0 radical (unpaired) electrons. The van der Waals surface area contributed by atoms with Crippen LogP contribution < -0.4 is 11.1 Å². The summed E-state index contributed by atoms with van der Waals surface area (Å²) in [7, 11) is 0. The third-order valence-corrected chi connectivity index (χ3v) is 5.33. The molecule has 3 atom stereocenters. The molecule has 21 heavy (non-hydrogen) atoms. The number of thioether (sulfide) groups is 1. The zero-order valence-electron chi connectivity index (χ0n) is 11.6. The highest BCUT2D eigenvalue weighted by Crippen LogP contribution is 2.33. The summed E-state index contributed by atoms with van der Waals surface area (Å²) in [6.07, 6.45) is 2.92. The van der Waals surface area contributed by atoms with Gasteiger partial charge in [-0.25, -0.2) is 0 Å². The molecular weight excluding hydrogens is 306 g/mol. The van der Waals surface area contributed by atoms with Crippen LogP contribution in [0.25, 0.3) is 0 Å². The maximum absolute atomic E-state index is 12.3. The van der Waals surface area contributed by atoms with Crippen LogP contribution in [0.5, 0.6) is 0 Å². The number of amidine groups is 1. The number of nitrogens with one attached hydrogen (secondary N) is 1. The van der Waals surface area contributed by atoms with Gasteiger partial charge in [-0.2, -0.15) is 0 Å². The van der Waals surface area contributed by atoms with E-state index in [1.54, 1.807) is 36.0 Å². The predicted octanol–water partition coefficient (Wildman–Crippen LogP) is 2.67. The van der Waals surface area contributed by atoms with Gasteiger partial charge in [0.05, 0.1) is 6.04 Å². The van der Waals surface area contributed by atoms with Crippen molar-refractivity contribution in [1.29, 1.82) is 0 Å². The first-order valence-electron chi connectivity index (χ1n) is 7.14. The van der Waals surface area contributed by atoms with E-state index in [4.69, 9.17) is 17.3 Å². The normalized spacial score (nSPS) is 28.4. The molecule has 1 aliphatic carbocycles. The first kappa shape index (κ1) is 14.7. The molecule has 6 heteroatoms. The van der Waals surface area contributed by atoms with Crippen molar-refractivity contribution in [2.45, 2.75) is 31.3 Å². The highest BCUT2D eigenvalue weighted by molar-refractivity contribution is 8.13. The standard InChI is InChI=1S/C15H18ClN3OS/c16-11-3-1-2-9(6-11)14(20)18-12-4-5-13-10(7-12)8-21-15(17)19-13/h1-3,6,10,12-13H,4-5,7-8H2,(H2,17,19)(H,18,20)/t10-,12+,13-/m1/s1. The molecule has 1 amide bonds. The third kappa shape index (κ3) is 3.52. The Morgan fingerprint density at radius 3 is 3.10 bits per heavy atom. The van der Waals surface area contributed by atoms with Gasteiger partial charge in [-0.05, 0) is 43.4 Å². The summed E-state index contributed by atoms with van der Waals surface area (Å²) >= 11 is 7.55. The lowest BCUT2D eigenvalue weighted by atomic mass is 9.82. The van der Waals surface area contributed by atoms with Crippen LogP contribution in [0.1, 0.15) is 29.6 Å². The Balaban J connectivity index is 1.61. The average Bonchev–Trinajstić information content (AvgIpc) is 2.47. The molecule has 0 aromatic heterocycles. The van der Waals surface area contributed by atoms with Gasteiger partial charge in [-0.1, -0.05) is 29.4 Å². The average molecular weight is 324 g/mol. The summed E-state index contributed by atoms with van der Waals surface area (Å²) in [6.45, 7) is 0. The fourth-order valence-corrected chi connectivity index (χ4v) is 4.16. The van der Waals surface area contributed by atoms with Crippen molar-refractivity contribution in [2.75, 3.05) is 5.75 Å². The minimum absolute atomic E-state index is 0.0487. The van der Waals surface area contributed by atoms with Crippen molar-refractivity contribution in [3.05, 3.63) is 34.9 Å². The Hall–Kier alpha value is -1.20. The first-order chi connectivity index (χ1) is 10.1. The van der Waals surface area contributed by atoms with Crippen LogP contribution in [0.15, 0.2) is 29.3 Å². The van der Waals surface area contributed by atoms with E-state index in [9.17, 15) is 4.79 Å². The van der Waals surface area contributed by atoms with Gasteiger partial charge in [0.2, 0.25) is 0 Å². The number of amides is 1. The number of hydrogen-bond acceptors (Lipinski definition) is 4. The van der Waals surface area contributed by atoms with Crippen molar-refractivity contribution in [2.24, 2.45) is 16.6 Å². The number of fused-ring (bicyclic) bond motifs is 1. The van der Waals surface area contributed by atoms with Crippen LogP contribution in [-0.4, -0.2) is 28.9 Å². The number of halogens is 1. The van der Waals surface area contributed by atoms with Crippen molar-refractivity contribution < 1.29 is 4.79 Å². The number of benzene rings is 1. The second-order valence-corrected chi connectivity index (χ2v) is 7.08. The first-order valence-corrected chi connectivity index (χ1v) is 8.50. The lowest BCUT2D eigenvalue weighted by molar-refractivity contribution is 0.0918. The number of rotatable bonds is 2. The lowest BCUT2D eigenvalue weighted by Crippen LogP contribution is -2.44. The van der Waals surface area contributed by atoms with E-state index in [-0.39, 0.29) is 11.9 Å². The van der Waals surface area contributed by atoms with E-state index in [0.717, 1.165) is 25.0 Å². The van der Waals surface area contributed by atoms with E-state index in [1.807, 2.05) is 0 Å². The fourth-order valence-electron chi connectivity index (χ4n) is 3.02. The summed E-state index contributed by atoms with van der Waals surface area (Å²) in [4.78, 5) is 16.8. The molecule has 0 spiro atoms. The topological polar surface area (TPSA) is 67.5 Å². The molecule has 1 saturated carbocycles. The molecule has 0 saturated heterocycles. The van der Waals surface area contributed by atoms with E-state index in [1.165, 1.54) is 0 Å². The van der Waals surface area contributed by atoms with E-state index < -0.39 is 0 Å². The van der Waals surface area contributed by atoms with Gasteiger partial charge in [-0.3, -0.25) is 9.79 Å². The number of nitrogens with two attached hydrogens (primary N) is 1. The Labute approximate surface area is 133 Å². The molecule has 2 aliphatic rings. The van der Waals surface area contributed by atoms with Gasteiger partial charge in [0.25, 0.3) is 5.91 Å². The summed E-state index contributed by atoms with van der Waals surface area (Å²) in [5, 5.41) is 4.41. The number of carbonyl (C=O) groups excluding carboxylic acids is 1. The highest BCUT2D eigenvalue weighted by atomic mass is 35.5. The van der Waals surface area contributed by atoms with Crippen molar-refractivity contribution in [1.82, 2.24) is 5.32 Å². The predicted molar refractivity (Wildman–Crippen MR) is 87.9 cm³/mol. The van der Waals surface area contributed by atoms with Crippen molar-refractivity contribution in [3.63, 3.8) is 0 Å². The monoisotopic (exact) mass is 323 g/mol. The third-order valence-electron chi connectivity index (χ3n) is 4.10. The quantitative estimate of drug-likeness (QED) is 0.879. The second kappa shape index (κ2) is 6.28. The Morgan fingerprint density at radius 1 is 1.43 bits per heavy atom. The lowest BCUT2D eigenvalue weighted by Gasteiger charge is -2.36. The second-order valence-electron chi connectivity index (χ2n) is 5.60. The summed E-state index contributed by atoms with van der Waals surface area (Å²) in [5.74, 6) is 1.47. The van der Waals surface area contributed by atoms with Gasteiger partial charge in [-0.15, -0.1) is 0 Å². The summed E-state index contributed by atoms with van der Waals surface area (Å²) in [5.41, 5.74) is 6.39. The van der Waals surface area contributed by atoms with Crippen molar-refractivity contribution in [3.8, 4) is 0 Å². The van der Waals surface area contributed by atoms with Gasteiger partial charge >= 0.3 is 0 Å². The minimum Gasteiger partial charge on any atom is -0.379 e. The zero-order valence-corrected chi connectivity index (χ0v) is 13.2. The summed E-state index contributed by atoms with van der Waals surface area (Å²) in [6, 6.07) is 7.60. The van der Waals surface area contributed by atoms with Gasteiger partial charge in [0, 0.05) is 22.4 Å². The van der Waals surface area contributed by atoms with Crippen molar-refractivity contribution >= 4 is 34.4 Å². The van der Waals surface area contributed by atoms with Crippen LogP contribution in [-0.2, 0) is 0 Å². The van der Waals surface area contributed by atoms with Gasteiger partial charge in [0.1, 0.15) is 0 Å². The molecule has 3 rings (SSSR count). The Morgan fingerprint density at radius 2 is 2.29 bits per heavy atom. The van der Waals surface area contributed by atoms with Crippen LogP contribution in [0.4, 0.5) is 0 Å². The van der Waals surface area contributed by atoms with Crippen LogP contribution in [0.3, 0.4) is 0 Å². The molecule has 1 aliphatic heterocycles. The number of aliphatic imine (C=N–C) groups is 1. The van der Waals surface area contributed by atoms with E-state index in [0.29, 0.717) is 27.7 Å². The Kier molecular flexibility index (Phi) is 4.40. The molecule has 1 aromatic rings. The summed E-state index contributed by atoms with van der Waals surface area (Å²) < 4.78 is 0. The van der Waals surface area contributed by atoms with Crippen LogP contribution in [0.2, 0.25) is 5.02 Å².